The molecule has 0 fully saturated rings. The first kappa shape index (κ1) is 21.1. The van der Waals surface area contributed by atoms with Crippen molar-refractivity contribution < 1.29 is 18.0 Å². The molecule has 0 bridgehead atoms. The van der Waals surface area contributed by atoms with Gasteiger partial charge in [-0.15, -0.1) is 0 Å². The maximum atomic E-state index is 11.9. The third kappa shape index (κ3) is 7.20. The van der Waals surface area contributed by atoms with Gasteiger partial charge in [0.25, 0.3) is 0 Å². The van der Waals surface area contributed by atoms with E-state index in [2.05, 4.69) is 10.6 Å². The van der Waals surface area contributed by atoms with Crippen molar-refractivity contribution in [2.45, 2.75) is 31.7 Å². The van der Waals surface area contributed by atoms with Gasteiger partial charge in [0.2, 0.25) is 15.9 Å². The van der Waals surface area contributed by atoms with Gasteiger partial charge in [0, 0.05) is 12.6 Å². The van der Waals surface area contributed by atoms with Crippen molar-refractivity contribution in [1.82, 2.24) is 15.5 Å². The van der Waals surface area contributed by atoms with Gasteiger partial charge in [-0.1, -0.05) is 26.0 Å². The normalized spacial score (nSPS) is 12.9. The van der Waals surface area contributed by atoms with E-state index in [0.29, 0.717) is 12.5 Å². The van der Waals surface area contributed by atoms with Crippen molar-refractivity contribution in [1.29, 1.82) is 0 Å². The smallest absolute Gasteiger partial charge is 0.321 e. The lowest BCUT2D eigenvalue weighted by Gasteiger charge is -2.24. The van der Waals surface area contributed by atoms with Crippen LogP contribution in [0.4, 0.5) is 4.79 Å². The van der Waals surface area contributed by atoms with Crippen molar-refractivity contribution in [2.24, 2.45) is 11.1 Å². The number of likely N-dealkylation sites (N-methyl/N-ethyl adjacent to an activating group) is 1. The number of sulfonamides is 1. The Kier molecular flexibility index (Phi) is 7.53. The van der Waals surface area contributed by atoms with E-state index < -0.39 is 22.0 Å². The summed E-state index contributed by atoms with van der Waals surface area (Å²) in [6, 6.07) is 5.47. The van der Waals surface area contributed by atoms with Crippen LogP contribution in [-0.4, -0.2) is 45.4 Å². The van der Waals surface area contributed by atoms with Crippen molar-refractivity contribution in [3.8, 4) is 0 Å². The van der Waals surface area contributed by atoms with Gasteiger partial charge >= 0.3 is 6.03 Å². The van der Waals surface area contributed by atoms with Crippen LogP contribution in [0, 0.1) is 5.92 Å². The number of imide groups is 1. The molecular formula is C16H26N4O4S. The maximum Gasteiger partial charge on any atom is 0.321 e. The van der Waals surface area contributed by atoms with Gasteiger partial charge in [0.1, 0.15) is 0 Å². The molecule has 0 aliphatic heterocycles. The van der Waals surface area contributed by atoms with Crippen LogP contribution in [0.5, 0.6) is 0 Å². The van der Waals surface area contributed by atoms with Crippen LogP contribution in [0.25, 0.3) is 0 Å². The highest BCUT2D eigenvalue weighted by Crippen LogP contribution is 2.20. The number of nitrogens with zero attached hydrogens (tertiary/aromatic N) is 1. The summed E-state index contributed by atoms with van der Waals surface area (Å²) in [7, 11) is -1.99. The van der Waals surface area contributed by atoms with E-state index in [0.717, 1.165) is 5.56 Å². The van der Waals surface area contributed by atoms with Crippen LogP contribution in [0.2, 0.25) is 0 Å². The van der Waals surface area contributed by atoms with Gasteiger partial charge in [-0.3, -0.25) is 15.0 Å². The third-order valence-electron chi connectivity index (χ3n) is 3.67. The second kappa shape index (κ2) is 8.93. The average Bonchev–Trinajstić information content (AvgIpc) is 2.51. The molecule has 1 aromatic carbocycles. The zero-order valence-electron chi connectivity index (χ0n) is 14.9. The highest BCUT2D eigenvalue weighted by Gasteiger charge is 2.17. The summed E-state index contributed by atoms with van der Waals surface area (Å²) in [6.45, 7) is 6.30. The van der Waals surface area contributed by atoms with Gasteiger partial charge < -0.3 is 5.32 Å². The molecule has 1 rings (SSSR count). The largest absolute Gasteiger partial charge is 0.338 e. The van der Waals surface area contributed by atoms with Crippen molar-refractivity contribution in [3.63, 3.8) is 0 Å². The van der Waals surface area contributed by atoms with Crippen LogP contribution in [0.1, 0.15) is 32.4 Å². The summed E-state index contributed by atoms with van der Waals surface area (Å²) in [4.78, 5) is 25.3. The molecule has 0 aliphatic carbocycles. The number of primary sulfonamides is 1. The van der Waals surface area contributed by atoms with E-state index in [1.807, 2.05) is 20.8 Å². The minimum absolute atomic E-state index is 0.0210. The molecule has 3 amide bonds. The Morgan fingerprint density at radius 2 is 1.72 bits per heavy atom. The second-order valence-corrected chi connectivity index (χ2v) is 7.92. The fourth-order valence-corrected chi connectivity index (χ4v) is 2.58. The molecule has 4 N–H and O–H groups in total. The molecule has 140 valence electrons. The second-order valence-electron chi connectivity index (χ2n) is 6.36. The molecule has 25 heavy (non-hydrogen) atoms. The Morgan fingerprint density at radius 3 is 2.20 bits per heavy atom. The van der Waals surface area contributed by atoms with Crippen LogP contribution in [0.15, 0.2) is 29.2 Å². The molecule has 0 aromatic heterocycles. The maximum absolute atomic E-state index is 11.9. The molecule has 0 radical (unpaired) electrons. The Bertz CT molecular complexity index is 701. The highest BCUT2D eigenvalue weighted by atomic mass is 32.2. The number of nitrogens with two attached hydrogens (primary N) is 1. The van der Waals surface area contributed by atoms with Crippen LogP contribution < -0.4 is 15.8 Å². The van der Waals surface area contributed by atoms with Crippen molar-refractivity contribution in [3.05, 3.63) is 29.8 Å². The molecule has 8 nitrogen and oxygen atoms in total. The van der Waals surface area contributed by atoms with Gasteiger partial charge in [-0.2, -0.15) is 0 Å². The molecule has 1 aromatic rings. The van der Waals surface area contributed by atoms with Crippen molar-refractivity contribution >= 4 is 22.0 Å². The summed E-state index contributed by atoms with van der Waals surface area (Å²) in [5.74, 6) is -0.124. The number of carbonyl (C=O) groups is 2. The Balaban J connectivity index is 2.60. The van der Waals surface area contributed by atoms with Gasteiger partial charge in [-0.25, -0.2) is 18.4 Å². The third-order valence-corrected chi connectivity index (χ3v) is 4.60. The quantitative estimate of drug-likeness (QED) is 0.656. The van der Waals surface area contributed by atoms with E-state index >= 15 is 0 Å². The fourth-order valence-electron chi connectivity index (χ4n) is 2.06. The van der Waals surface area contributed by atoms with Gasteiger partial charge in [0.05, 0.1) is 11.4 Å². The van der Waals surface area contributed by atoms with Gasteiger partial charge in [-0.05, 0) is 37.6 Å². The topological polar surface area (TPSA) is 122 Å². The summed E-state index contributed by atoms with van der Waals surface area (Å²) in [5.41, 5.74) is 0.826. The first-order valence-electron chi connectivity index (χ1n) is 7.91. The van der Waals surface area contributed by atoms with E-state index in [1.165, 1.54) is 12.1 Å². The molecule has 0 spiro atoms. The van der Waals surface area contributed by atoms with E-state index in [1.54, 1.807) is 24.1 Å². The summed E-state index contributed by atoms with van der Waals surface area (Å²) < 4.78 is 22.5. The first-order chi connectivity index (χ1) is 11.5. The standard InChI is InChI=1S/C16H26N4O4S/c1-11(2)9-18-16(22)19-15(21)10-20(4)12(3)13-5-7-14(8-6-13)25(17,23)24/h5-8,11-12H,9-10H2,1-4H3,(H2,17,23,24)(H2,18,19,21,22). The molecule has 1 atom stereocenters. The molecule has 1 unspecified atom stereocenters. The van der Waals surface area contributed by atoms with Crippen molar-refractivity contribution in [2.75, 3.05) is 20.1 Å². The molecule has 0 saturated carbocycles. The average molecular weight is 370 g/mol. The summed E-state index contributed by atoms with van der Waals surface area (Å²) in [5, 5.41) is 9.95. The van der Waals surface area contributed by atoms with Crippen LogP contribution in [0.3, 0.4) is 0 Å². The Hall–Kier alpha value is -1.97. The molecule has 9 heteroatoms. The number of amides is 3. The number of carbonyl (C=O) groups excluding carboxylic acids is 2. The molecule has 0 aliphatic rings. The molecule has 0 heterocycles. The lowest BCUT2D eigenvalue weighted by molar-refractivity contribution is -0.121. The summed E-state index contributed by atoms with van der Waals surface area (Å²) >= 11 is 0. The number of benzene rings is 1. The minimum Gasteiger partial charge on any atom is -0.338 e. The highest BCUT2D eigenvalue weighted by molar-refractivity contribution is 7.89. The van der Waals surface area contributed by atoms with E-state index in [9.17, 15) is 18.0 Å². The van der Waals surface area contributed by atoms with Crippen LogP contribution >= 0.6 is 0 Å². The summed E-state index contributed by atoms with van der Waals surface area (Å²) in [6.07, 6.45) is 0. The molecular weight excluding hydrogens is 344 g/mol. The number of nitrogens with one attached hydrogen (secondary N) is 2. The Morgan fingerprint density at radius 1 is 1.16 bits per heavy atom. The lowest BCUT2D eigenvalue weighted by atomic mass is 10.1. The van der Waals surface area contributed by atoms with E-state index in [4.69, 9.17) is 5.14 Å². The monoisotopic (exact) mass is 370 g/mol. The predicted molar refractivity (Wildman–Crippen MR) is 95.2 cm³/mol. The SMILES string of the molecule is CC(C)CNC(=O)NC(=O)CN(C)C(C)c1ccc(S(N)(=O)=O)cc1. The number of rotatable bonds is 7. The molecule has 0 saturated heterocycles. The van der Waals surface area contributed by atoms with Crippen LogP contribution in [-0.2, 0) is 14.8 Å². The number of hydrogen-bond donors (Lipinski definition) is 3. The predicted octanol–water partition coefficient (Wildman–Crippen LogP) is 0.809. The zero-order valence-corrected chi connectivity index (χ0v) is 15.8. The van der Waals surface area contributed by atoms with Gasteiger partial charge in [0.15, 0.2) is 0 Å². The van der Waals surface area contributed by atoms with E-state index in [-0.39, 0.29) is 17.5 Å². The lowest BCUT2D eigenvalue weighted by Crippen LogP contribution is -2.45. The first-order valence-corrected chi connectivity index (χ1v) is 9.46. The fraction of sp³-hybridized carbons (Fsp3) is 0.500. The number of urea groups is 1. The zero-order chi connectivity index (χ0) is 19.2. The minimum atomic E-state index is -3.73. The Labute approximate surface area is 148 Å². The number of hydrogen-bond acceptors (Lipinski definition) is 5.